The highest BCUT2D eigenvalue weighted by atomic mass is 79.9. The number of carbonyl (C=O) groups excluding carboxylic acids is 1. The second-order valence-corrected chi connectivity index (χ2v) is 6.14. The molecule has 0 aliphatic carbocycles. The highest BCUT2D eigenvalue weighted by Gasteiger charge is 2.14. The van der Waals surface area contributed by atoms with E-state index in [1.807, 2.05) is 42.5 Å². The third kappa shape index (κ3) is 3.63. The molecule has 3 rings (SSSR count). The summed E-state index contributed by atoms with van der Waals surface area (Å²) in [5.74, 6) is -0.0293. The van der Waals surface area contributed by atoms with E-state index in [2.05, 4.69) is 15.9 Å². The van der Waals surface area contributed by atoms with Crippen molar-refractivity contribution in [3.63, 3.8) is 0 Å². The molecule has 0 bridgehead atoms. The van der Waals surface area contributed by atoms with E-state index in [9.17, 15) is 4.79 Å². The van der Waals surface area contributed by atoms with Gasteiger partial charge >= 0.3 is 5.97 Å². The largest absolute Gasteiger partial charge is 0.422 e. The van der Waals surface area contributed by atoms with E-state index in [1.54, 1.807) is 30.3 Å². The van der Waals surface area contributed by atoms with Gasteiger partial charge < -0.3 is 4.74 Å². The molecule has 0 unspecified atom stereocenters. The summed E-state index contributed by atoms with van der Waals surface area (Å²) >= 11 is 9.47. The number of hydrogen-bond acceptors (Lipinski definition) is 2. The number of rotatable bonds is 3. The van der Waals surface area contributed by atoms with Gasteiger partial charge in [-0.2, -0.15) is 0 Å². The van der Waals surface area contributed by atoms with Crippen molar-refractivity contribution < 1.29 is 9.53 Å². The van der Waals surface area contributed by atoms with Crippen LogP contribution in [-0.4, -0.2) is 5.97 Å². The van der Waals surface area contributed by atoms with Gasteiger partial charge in [-0.05, 0) is 51.3 Å². The SMILES string of the molecule is O=C(Oc1ccc(-c2ccccc2)cc1Br)c1ccccc1Cl. The Morgan fingerprint density at radius 2 is 1.57 bits per heavy atom. The average Bonchev–Trinajstić information content (AvgIpc) is 2.58. The third-order valence-electron chi connectivity index (χ3n) is 3.34. The van der Waals surface area contributed by atoms with Crippen molar-refractivity contribution in [1.82, 2.24) is 0 Å². The van der Waals surface area contributed by atoms with Gasteiger partial charge in [-0.15, -0.1) is 0 Å². The third-order valence-corrected chi connectivity index (χ3v) is 4.28. The molecule has 4 heteroatoms. The Kier molecular flexibility index (Phi) is 4.79. The zero-order valence-corrected chi connectivity index (χ0v) is 14.3. The van der Waals surface area contributed by atoms with Gasteiger partial charge in [0.15, 0.2) is 0 Å². The molecule has 3 aromatic carbocycles. The van der Waals surface area contributed by atoms with E-state index in [4.69, 9.17) is 16.3 Å². The molecule has 0 aliphatic heterocycles. The van der Waals surface area contributed by atoms with Crippen LogP contribution in [-0.2, 0) is 0 Å². The van der Waals surface area contributed by atoms with Gasteiger partial charge in [0.1, 0.15) is 5.75 Å². The van der Waals surface area contributed by atoms with E-state index in [1.165, 1.54) is 0 Å². The lowest BCUT2D eigenvalue weighted by atomic mass is 10.1. The van der Waals surface area contributed by atoms with Gasteiger partial charge in [-0.1, -0.05) is 60.1 Å². The Balaban J connectivity index is 1.85. The van der Waals surface area contributed by atoms with E-state index in [-0.39, 0.29) is 0 Å². The maximum atomic E-state index is 12.2. The Morgan fingerprint density at radius 1 is 0.870 bits per heavy atom. The van der Waals surface area contributed by atoms with Gasteiger partial charge in [0.25, 0.3) is 0 Å². The standard InChI is InChI=1S/C19H12BrClO2/c20-16-12-14(13-6-2-1-3-7-13)10-11-18(16)23-19(22)15-8-4-5-9-17(15)21/h1-12H. The first kappa shape index (κ1) is 15.8. The maximum absolute atomic E-state index is 12.2. The molecule has 0 aliphatic rings. The summed E-state index contributed by atoms with van der Waals surface area (Å²) in [6.45, 7) is 0. The number of hydrogen-bond donors (Lipinski definition) is 0. The van der Waals surface area contributed by atoms with E-state index < -0.39 is 5.97 Å². The van der Waals surface area contributed by atoms with Gasteiger partial charge in [0, 0.05) is 0 Å². The van der Waals surface area contributed by atoms with Crippen LogP contribution in [0.15, 0.2) is 77.3 Å². The fourth-order valence-electron chi connectivity index (χ4n) is 2.18. The first-order valence-corrected chi connectivity index (χ1v) is 8.14. The van der Waals surface area contributed by atoms with E-state index >= 15 is 0 Å². The Hall–Kier alpha value is -2.10. The maximum Gasteiger partial charge on any atom is 0.345 e. The summed E-state index contributed by atoms with van der Waals surface area (Å²) in [5.41, 5.74) is 2.47. The predicted molar refractivity (Wildman–Crippen MR) is 96.0 cm³/mol. The molecule has 0 saturated heterocycles. The first-order valence-electron chi connectivity index (χ1n) is 6.97. The van der Waals surface area contributed by atoms with Crippen molar-refractivity contribution in [2.45, 2.75) is 0 Å². The van der Waals surface area contributed by atoms with E-state index in [0.717, 1.165) is 11.1 Å². The van der Waals surface area contributed by atoms with Crippen LogP contribution in [0, 0.1) is 0 Å². The van der Waals surface area contributed by atoms with Crippen LogP contribution >= 0.6 is 27.5 Å². The number of halogens is 2. The molecule has 2 nitrogen and oxygen atoms in total. The summed E-state index contributed by atoms with van der Waals surface area (Å²) in [4.78, 5) is 12.2. The van der Waals surface area contributed by atoms with Gasteiger partial charge in [-0.25, -0.2) is 4.79 Å². The molecule has 23 heavy (non-hydrogen) atoms. The van der Waals surface area contributed by atoms with Crippen molar-refractivity contribution in [2.24, 2.45) is 0 Å². The number of benzene rings is 3. The Morgan fingerprint density at radius 3 is 2.26 bits per heavy atom. The molecule has 0 atom stereocenters. The molecule has 0 aromatic heterocycles. The quantitative estimate of drug-likeness (QED) is 0.407. The molecule has 0 saturated carbocycles. The average molecular weight is 388 g/mol. The van der Waals surface area contributed by atoms with Crippen molar-refractivity contribution in [1.29, 1.82) is 0 Å². The van der Waals surface area contributed by atoms with Gasteiger partial charge in [-0.3, -0.25) is 0 Å². The monoisotopic (exact) mass is 386 g/mol. The van der Waals surface area contributed by atoms with Crippen LogP contribution in [0.3, 0.4) is 0 Å². The van der Waals surface area contributed by atoms with Crippen molar-refractivity contribution in [3.8, 4) is 16.9 Å². The Labute approximate surface area is 147 Å². The molecule has 3 aromatic rings. The van der Waals surface area contributed by atoms with Crippen molar-refractivity contribution in [3.05, 3.63) is 87.9 Å². The summed E-state index contributed by atoms with van der Waals surface area (Å²) < 4.78 is 6.14. The summed E-state index contributed by atoms with van der Waals surface area (Å²) in [6, 6.07) is 22.4. The normalized spacial score (nSPS) is 10.3. The number of carbonyl (C=O) groups is 1. The van der Waals surface area contributed by atoms with Crippen molar-refractivity contribution >= 4 is 33.5 Å². The minimum absolute atomic E-state index is 0.341. The van der Waals surface area contributed by atoms with Gasteiger partial charge in [0.2, 0.25) is 0 Å². The molecule has 114 valence electrons. The highest BCUT2D eigenvalue weighted by Crippen LogP contribution is 2.31. The predicted octanol–water partition coefficient (Wildman–Crippen LogP) is 5.99. The minimum Gasteiger partial charge on any atom is -0.422 e. The second-order valence-electron chi connectivity index (χ2n) is 4.88. The minimum atomic E-state index is -0.483. The van der Waals surface area contributed by atoms with Crippen LogP contribution < -0.4 is 4.74 Å². The Bertz CT molecular complexity index is 847. The number of esters is 1. The van der Waals surface area contributed by atoms with E-state index in [0.29, 0.717) is 20.8 Å². The fraction of sp³-hybridized carbons (Fsp3) is 0. The summed E-state index contributed by atoms with van der Waals surface area (Å²) in [5, 5.41) is 0.370. The van der Waals surface area contributed by atoms with Crippen LogP contribution in [0.25, 0.3) is 11.1 Å². The molecule has 0 heterocycles. The summed E-state index contributed by atoms with van der Waals surface area (Å²) in [6.07, 6.45) is 0. The zero-order valence-electron chi connectivity index (χ0n) is 12.0. The molecular weight excluding hydrogens is 376 g/mol. The van der Waals surface area contributed by atoms with Gasteiger partial charge in [0.05, 0.1) is 15.1 Å². The highest BCUT2D eigenvalue weighted by molar-refractivity contribution is 9.10. The molecule has 0 spiro atoms. The molecule has 0 radical (unpaired) electrons. The fourth-order valence-corrected chi connectivity index (χ4v) is 2.85. The lowest BCUT2D eigenvalue weighted by Crippen LogP contribution is -2.09. The molecule has 0 N–H and O–H groups in total. The first-order chi connectivity index (χ1) is 11.1. The molecule has 0 amide bonds. The van der Waals surface area contributed by atoms with Crippen LogP contribution in [0.1, 0.15) is 10.4 Å². The lowest BCUT2D eigenvalue weighted by Gasteiger charge is -2.09. The second kappa shape index (κ2) is 6.99. The van der Waals surface area contributed by atoms with Crippen LogP contribution in [0.5, 0.6) is 5.75 Å². The van der Waals surface area contributed by atoms with Crippen LogP contribution in [0.2, 0.25) is 5.02 Å². The topological polar surface area (TPSA) is 26.3 Å². The smallest absolute Gasteiger partial charge is 0.345 e. The van der Waals surface area contributed by atoms with Crippen molar-refractivity contribution in [2.75, 3.05) is 0 Å². The lowest BCUT2D eigenvalue weighted by molar-refractivity contribution is 0.0734. The van der Waals surface area contributed by atoms with Crippen LogP contribution in [0.4, 0.5) is 0 Å². The summed E-state index contributed by atoms with van der Waals surface area (Å²) in [7, 11) is 0. The number of ether oxygens (including phenoxy) is 1. The molecule has 0 fully saturated rings. The zero-order chi connectivity index (χ0) is 16.2. The molecular formula is C19H12BrClO2.